The fraction of sp³-hybridized carbons (Fsp3) is 0.167. The lowest BCUT2D eigenvalue weighted by atomic mass is 10.3. The van der Waals surface area contributed by atoms with E-state index in [2.05, 4.69) is 9.97 Å². The van der Waals surface area contributed by atoms with Gasteiger partial charge in [-0.25, -0.2) is 9.97 Å². The standard InChI is InChI=1S/C12H12N2O2S/c1-15-9-3-5-10(6-4-9)17-12-7-11(16-2)13-8-14-12/h3-8H,1-2H3. The smallest absolute Gasteiger partial charge is 0.217 e. The van der Waals surface area contributed by atoms with E-state index in [1.54, 1.807) is 32.0 Å². The molecule has 1 aromatic heterocycles. The van der Waals surface area contributed by atoms with E-state index in [4.69, 9.17) is 9.47 Å². The van der Waals surface area contributed by atoms with Gasteiger partial charge < -0.3 is 9.47 Å². The molecule has 0 aliphatic heterocycles. The highest BCUT2D eigenvalue weighted by Crippen LogP contribution is 2.28. The van der Waals surface area contributed by atoms with Crippen molar-refractivity contribution in [3.63, 3.8) is 0 Å². The summed E-state index contributed by atoms with van der Waals surface area (Å²) in [5, 5.41) is 0.849. The van der Waals surface area contributed by atoms with Gasteiger partial charge in [0.05, 0.1) is 14.2 Å². The second-order valence-electron chi connectivity index (χ2n) is 3.18. The molecule has 17 heavy (non-hydrogen) atoms. The molecule has 0 aliphatic rings. The van der Waals surface area contributed by atoms with E-state index in [1.807, 2.05) is 24.3 Å². The van der Waals surface area contributed by atoms with Crippen molar-refractivity contribution in [2.24, 2.45) is 0 Å². The normalized spacial score (nSPS) is 10.0. The Morgan fingerprint density at radius 3 is 2.41 bits per heavy atom. The summed E-state index contributed by atoms with van der Waals surface area (Å²) in [6, 6.07) is 9.60. The Balaban J connectivity index is 2.13. The average molecular weight is 248 g/mol. The van der Waals surface area contributed by atoms with Gasteiger partial charge >= 0.3 is 0 Å². The Morgan fingerprint density at radius 1 is 1.00 bits per heavy atom. The molecule has 1 heterocycles. The third-order valence-electron chi connectivity index (χ3n) is 2.11. The third-order valence-corrected chi connectivity index (χ3v) is 3.05. The van der Waals surface area contributed by atoms with Crippen LogP contribution in [0.2, 0.25) is 0 Å². The number of ether oxygens (including phenoxy) is 2. The minimum Gasteiger partial charge on any atom is -0.497 e. The number of rotatable bonds is 4. The topological polar surface area (TPSA) is 44.2 Å². The van der Waals surface area contributed by atoms with Crippen LogP contribution >= 0.6 is 11.8 Å². The van der Waals surface area contributed by atoms with Gasteiger partial charge in [0.2, 0.25) is 5.88 Å². The first-order valence-corrected chi connectivity index (χ1v) is 5.81. The van der Waals surface area contributed by atoms with Crippen LogP contribution in [0, 0.1) is 0 Å². The molecule has 0 saturated heterocycles. The molecule has 0 bridgehead atoms. The second-order valence-corrected chi connectivity index (χ2v) is 4.27. The van der Waals surface area contributed by atoms with Gasteiger partial charge in [0.25, 0.3) is 0 Å². The van der Waals surface area contributed by atoms with Crippen LogP contribution < -0.4 is 9.47 Å². The van der Waals surface area contributed by atoms with E-state index >= 15 is 0 Å². The van der Waals surface area contributed by atoms with E-state index < -0.39 is 0 Å². The van der Waals surface area contributed by atoms with Crippen molar-refractivity contribution in [1.82, 2.24) is 9.97 Å². The number of hydrogen-bond acceptors (Lipinski definition) is 5. The van der Waals surface area contributed by atoms with Crippen LogP contribution in [0.3, 0.4) is 0 Å². The maximum Gasteiger partial charge on any atom is 0.217 e. The van der Waals surface area contributed by atoms with Gasteiger partial charge in [-0.2, -0.15) is 0 Å². The lowest BCUT2D eigenvalue weighted by molar-refractivity contribution is 0.395. The molecule has 88 valence electrons. The lowest BCUT2D eigenvalue weighted by Crippen LogP contribution is -1.89. The highest BCUT2D eigenvalue weighted by Gasteiger charge is 2.01. The fourth-order valence-electron chi connectivity index (χ4n) is 1.25. The Hall–Kier alpha value is -1.75. The fourth-order valence-corrected chi connectivity index (χ4v) is 2.03. The number of nitrogens with zero attached hydrogens (tertiary/aromatic N) is 2. The quantitative estimate of drug-likeness (QED) is 0.778. The van der Waals surface area contributed by atoms with Gasteiger partial charge in [-0.05, 0) is 24.3 Å². The molecule has 0 spiro atoms. The highest BCUT2D eigenvalue weighted by atomic mass is 32.2. The molecule has 2 aromatic rings. The molecule has 5 heteroatoms. The summed E-state index contributed by atoms with van der Waals surface area (Å²) in [7, 11) is 3.24. The second kappa shape index (κ2) is 5.54. The third kappa shape index (κ3) is 3.10. The van der Waals surface area contributed by atoms with Gasteiger partial charge in [0, 0.05) is 11.0 Å². The Kier molecular flexibility index (Phi) is 3.82. The van der Waals surface area contributed by atoms with Crippen LogP contribution in [0.25, 0.3) is 0 Å². The van der Waals surface area contributed by atoms with Gasteiger partial charge in [0.1, 0.15) is 17.1 Å². The van der Waals surface area contributed by atoms with Crippen LogP contribution in [-0.2, 0) is 0 Å². The molecule has 0 radical (unpaired) electrons. The molecule has 0 unspecified atom stereocenters. The van der Waals surface area contributed by atoms with Crippen molar-refractivity contribution in [2.75, 3.05) is 14.2 Å². The maximum atomic E-state index is 5.10. The number of aromatic nitrogens is 2. The molecule has 0 saturated carbocycles. The van der Waals surface area contributed by atoms with Gasteiger partial charge in [0.15, 0.2) is 0 Å². The largest absolute Gasteiger partial charge is 0.497 e. The molecular weight excluding hydrogens is 236 g/mol. The van der Waals surface area contributed by atoms with E-state index in [9.17, 15) is 0 Å². The summed E-state index contributed by atoms with van der Waals surface area (Å²) in [5.74, 6) is 1.41. The number of hydrogen-bond donors (Lipinski definition) is 0. The molecule has 0 N–H and O–H groups in total. The Morgan fingerprint density at radius 2 is 1.76 bits per heavy atom. The molecule has 0 aliphatic carbocycles. The summed E-state index contributed by atoms with van der Waals surface area (Å²) >= 11 is 1.55. The summed E-state index contributed by atoms with van der Waals surface area (Å²) in [6.07, 6.45) is 1.49. The SMILES string of the molecule is COc1ccc(Sc2cc(OC)ncn2)cc1. The summed E-state index contributed by atoms with van der Waals surface area (Å²) < 4.78 is 10.1. The van der Waals surface area contributed by atoms with Crippen LogP contribution in [0.1, 0.15) is 0 Å². The average Bonchev–Trinajstić information content (AvgIpc) is 2.40. The molecular formula is C12H12N2O2S. The first kappa shape index (κ1) is 11.7. The molecule has 0 fully saturated rings. The zero-order valence-electron chi connectivity index (χ0n) is 9.58. The highest BCUT2D eigenvalue weighted by molar-refractivity contribution is 7.99. The minimum atomic E-state index is 0.566. The van der Waals surface area contributed by atoms with Crippen molar-refractivity contribution in [3.8, 4) is 11.6 Å². The Bertz CT molecular complexity index is 488. The molecule has 0 amide bonds. The van der Waals surface area contributed by atoms with E-state index in [1.165, 1.54) is 6.33 Å². The molecule has 4 nitrogen and oxygen atoms in total. The number of benzene rings is 1. The van der Waals surface area contributed by atoms with Crippen LogP contribution in [0.4, 0.5) is 0 Å². The van der Waals surface area contributed by atoms with E-state index in [0.717, 1.165) is 15.7 Å². The minimum absolute atomic E-state index is 0.566. The van der Waals surface area contributed by atoms with Crippen LogP contribution in [0.15, 0.2) is 46.6 Å². The van der Waals surface area contributed by atoms with Gasteiger partial charge in [-0.1, -0.05) is 11.8 Å². The van der Waals surface area contributed by atoms with Crippen molar-refractivity contribution < 1.29 is 9.47 Å². The molecule has 1 aromatic carbocycles. The first-order valence-electron chi connectivity index (χ1n) is 5.00. The summed E-state index contributed by atoms with van der Waals surface area (Å²) in [6.45, 7) is 0. The summed E-state index contributed by atoms with van der Waals surface area (Å²) in [5.41, 5.74) is 0. The van der Waals surface area contributed by atoms with Crippen molar-refractivity contribution in [2.45, 2.75) is 9.92 Å². The van der Waals surface area contributed by atoms with Crippen molar-refractivity contribution in [3.05, 3.63) is 36.7 Å². The van der Waals surface area contributed by atoms with Crippen molar-refractivity contribution in [1.29, 1.82) is 0 Å². The van der Waals surface area contributed by atoms with E-state index in [-0.39, 0.29) is 0 Å². The lowest BCUT2D eigenvalue weighted by Gasteiger charge is -2.03. The maximum absolute atomic E-state index is 5.10. The zero-order valence-corrected chi connectivity index (χ0v) is 10.4. The molecule has 0 atom stereocenters. The van der Waals surface area contributed by atoms with E-state index in [0.29, 0.717) is 5.88 Å². The van der Waals surface area contributed by atoms with Crippen LogP contribution in [-0.4, -0.2) is 24.2 Å². The first-order chi connectivity index (χ1) is 8.31. The van der Waals surface area contributed by atoms with Crippen LogP contribution in [0.5, 0.6) is 11.6 Å². The molecule has 2 rings (SSSR count). The number of methoxy groups -OCH3 is 2. The predicted octanol–water partition coefficient (Wildman–Crippen LogP) is 2.65. The predicted molar refractivity (Wildman–Crippen MR) is 65.7 cm³/mol. The zero-order chi connectivity index (χ0) is 12.1. The Labute approximate surface area is 104 Å². The van der Waals surface area contributed by atoms with Crippen molar-refractivity contribution >= 4 is 11.8 Å². The van der Waals surface area contributed by atoms with Gasteiger partial charge in [-0.15, -0.1) is 0 Å². The van der Waals surface area contributed by atoms with Gasteiger partial charge in [-0.3, -0.25) is 0 Å². The summed E-state index contributed by atoms with van der Waals surface area (Å²) in [4.78, 5) is 9.22. The monoisotopic (exact) mass is 248 g/mol.